The molecule has 0 unspecified atom stereocenters. The van der Waals surface area contributed by atoms with Crippen LogP contribution in [-0.4, -0.2) is 22.6 Å². The number of hydrogen-bond donors (Lipinski definition) is 3. The van der Waals surface area contributed by atoms with Crippen molar-refractivity contribution in [2.24, 2.45) is 0 Å². The lowest BCUT2D eigenvalue weighted by atomic mass is 9.95. The number of carbonyl (C=O) groups is 1. The van der Waals surface area contributed by atoms with Gasteiger partial charge in [0.05, 0.1) is 23.5 Å². The van der Waals surface area contributed by atoms with Gasteiger partial charge < -0.3 is 20.5 Å². The van der Waals surface area contributed by atoms with E-state index in [9.17, 15) is 9.90 Å². The molecule has 0 amide bonds. The first-order valence-electron chi connectivity index (χ1n) is 11.2. The molecule has 0 aliphatic carbocycles. The van der Waals surface area contributed by atoms with Crippen LogP contribution in [0.15, 0.2) is 85.2 Å². The lowest BCUT2D eigenvalue weighted by Gasteiger charge is -2.16. The number of nitrogens with one attached hydrogen (secondary N) is 2. The van der Waals surface area contributed by atoms with Gasteiger partial charge in [0.2, 0.25) is 0 Å². The van der Waals surface area contributed by atoms with Crippen LogP contribution in [0.4, 0.5) is 5.69 Å². The monoisotopic (exact) mass is 451 g/mol. The highest BCUT2D eigenvalue weighted by Gasteiger charge is 2.23. The van der Waals surface area contributed by atoms with Crippen molar-refractivity contribution >= 4 is 11.7 Å². The molecule has 1 atom stereocenters. The SMILES string of the molecule is Cc1cc(Oc2ccccc2)ccc1-c1ccc2c(c1)CN[C@H]2CNc1cnccc1C(=O)O. The van der Waals surface area contributed by atoms with Crippen molar-refractivity contribution in [1.29, 1.82) is 0 Å². The number of para-hydroxylation sites is 1. The third-order valence-electron chi connectivity index (χ3n) is 6.09. The first kappa shape index (κ1) is 21.7. The highest BCUT2D eigenvalue weighted by atomic mass is 16.5. The molecule has 0 bridgehead atoms. The van der Waals surface area contributed by atoms with Crippen molar-refractivity contribution in [3.63, 3.8) is 0 Å². The molecule has 2 heterocycles. The van der Waals surface area contributed by atoms with E-state index >= 15 is 0 Å². The average Bonchev–Trinajstić information content (AvgIpc) is 3.26. The molecule has 5 rings (SSSR count). The molecular weight excluding hydrogens is 426 g/mol. The Bertz CT molecular complexity index is 1340. The zero-order valence-corrected chi connectivity index (χ0v) is 18.8. The van der Waals surface area contributed by atoms with Crippen LogP contribution in [0.3, 0.4) is 0 Å². The van der Waals surface area contributed by atoms with Crippen LogP contribution in [0.2, 0.25) is 0 Å². The Labute approximate surface area is 198 Å². The Morgan fingerprint density at radius 2 is 1.94 bits per heavy atom. The summed E-state index contributed by atoms with van der Waals surface area (Å²) in [6, 6.07) is 24.1. The fourth-order valence-corrected chi connectivity index (χ4v) is 4.37. The first-order valence-corrected chi connectivity index (χ1v) is 11.2. The maximum absolute atomic E-state index is 11.4. The number of carboxylic acids is 1. The molecule has 170 valence electrons. The normalized spacial score (nSPS) is 14.4. The summed E-state index contributed by atoms with van der Waals surface area (Å²) >= 11 is 0. The molecule has 6 nitrogen and oxygen atoms in total. The smallest absolute Gasteiger partial charge is 0.337 e. The van der Waals surface area contributed by atoms with Gasteiger partial charge in [-0.05, 0) is 71.1 Å². The number of benzene rings is 3. The predicted octanol–water partition coefficient (Wildman–Crippen LogP) is 5.80. The first-order chi connectivity index (χ1) is 16.6. The van der Waals surface area contributed by atoms with Gasteiger partial charge in [-0.2, -0.15) is 0 Å². The summed E-state index contributed by atoms with van der Waals surface area (Å²) < 4.78 is 5.97. The number of anilines is 1. The van der Waals surface area contributed by atoms with Gasteiger partial charge in [0.25, 0.3) is 0 Å². The molecule has 0 saturated carbocycles. The molecule has 1 aliphatic heterocycles. The molecule has 4 aromatic rings. The summed E-state index contributed by atoms with van der Waals surface area (Å²) in [6.07, 6.45) is 3.04. The number of carboxylic acid groups (broad SMARTS) is 1. The summed E-state index contributed by atoms with van der Waals surface area (Å²) in [6.45, 7) is 3.44. The maximum Gasteiger partial charge on any atom is 0.337 e. The van der Waals surface area contributed by atoms with Gasteiger partial charge in [0.1, 0.15) is 11.5 Å². The zero-order chi connectivity index (χ0) is 23.5. The molecule has 0 saturated heterocycles. The van der Waals surface area contributed by atoms with Crippen LogP contribution >= 0.6 is 0 Å². The summed E-state index contributed by atoms with van der Waals surface area (Å²) in [5.74, 6) is 0.669. The number of hydrogen-bond acceptors (Lipinski definition) is 5. The van der Waals surface area contributed by atoms with E-state index in [2.05, 4.69) is 52.9 Å². The fourth-order valence-electron chi connectivity index (χ4n) is 4.37. The van der Waals surface area contributed by atoms with E-state index in [1.165, 1.54) is 34.5 Å². The number of fused-ring (bicyclic) bond motifs is 1. The predicted molar refractivity (Wildman–Crippen MR) is 132 cm³/mol. The molecule has 1 aliphatic rings. The Kier molecular flexibility index (Phi) is 5.97. The van der Waals surface area contributed by atoms with E-state index in [4.69, 9.17) is 4.74 Å². The number of pyridine rings is 1. The number of aromatic carboxylic acids is 1. The summed E-state index contributed by atoms with van der Waals surface area (Å²) in [5, 5.41) is 16.1. The van der Waals surface area contributed by atoms with Gasteiger partial charge in [-0.1, -0.05) is 36.4 Å². The van der Waals surface area contributed by atoms with Gasteiger partial charge >= 0.3 is 5.97 Å². The van der Waals surface area contributed by atoms with Crippen LogP contribution in [0.1, 0.15) is 33.1 Å². The van der Waals surface area contributed by atoms with Crippen molar-refractivity contribution in [2.45, 2.75) is 19.5 Å². The van der Waals surface area contributed by atoms with Crippen LogP contribution < -0.4 is 15.4 Å². The second-order valence-electron chi connectivity index (χ2n) is 8.35. The van der Waals surface area contributed by atoms with Gasteiger partial charge in [-0.15, -0.1) is 0 Å². The van der Waals surface area contributed by atoms with Crippen molar-refractivity contribution in [1.82, 2.24) is 10.3 Å². The van der Waals surface area contributed by atoms with Crippen LogP contribution in [0.25, 0.3) is 11.1 Å². The lowest BCUT2D eigenvalue weighted by Crippen LogP contribution is -2.22. The lowest BCUT2D eigenvalue weighted by molar-refractivity contribution is 0.0697. The number of aromatic nitrogens is 1. The summed E-state index contributed by atoms with van der Waals surface area (Å²) in [7, 11) is 0. The van der Waals surface area contributed by atoms with E-state index in [0.29, 0.717) is 12.2 Å². The highest BCUT2D eigenvalue weighted by Crippen LogP contribution is 2.33. The van der Waals surface area contributed by atoms with Crippen LogP contribution in [0.5, 0.6) is 11.5 Å². The number of nitrogens with zero attached hydrogens (tertiary/aromatic N) is 1. The molecule has 6 heteroatoms. The quantitative estimate of drug-likeness (QED) is 0.329. The van der Waals surface area contributed by atoms with E-state index in [1.807, 2.05) is 36.4 Å². The Morgan fingerprint density at radius 1 is 1.09 bits per heavy atom. The molecule has 1 aromatic heterocycles. The number of ether oxygens (including phenoxy) is 1. The molecular formula is C28H25N3O3. The van der Waals surface area contributed by atoms with E-state index in [1.54, 1.807) is 6.20 Å². The Morgan fingerprint density at radius 3 is 2.74 bits per heavy atom. The van der Waals surface area contributed by atoms with Gasteiger partial charge in [0.15, 0.2) is 0 Å². The minimum Gasteiger partial charge on any atom is -0.478 e. The Hall–Kier alpha value is -4.16. The maximum atomic E-state index is 11.4. The second-order valence-corrected chi connectivity index (χ2v) is 8.35. The van der Waals surface area contributed by atoms with E-state index in [0.717, 1.165) is 23.6 Å². The largest absolute Gasteiger partial charge is 0.478 e. The Balaban J connectivity index is 1.31. The van der Waals surface area contributed by atoms with Crippen molar-refractivity contribution < 1.29 is 14.6 Å². The van der Waals surface area contributed by atoms with Crippen LogP contribution in [-0.2, 0) is 6.54 Å². The summed E-state index contributed by atoms with van der Waals surface area (Å²) in [4.78, 5) is 15.5. The van der Waals surface area contributed by atoms with E-state index in [-0.39, 0.29) is 11.6 Å². The molecule has 0 radical (unpaired) electrons. The van der Waals surface area contributed by atoms with Gasteiger partial charge in [0, 0.05) is 19.3 Å². The van der Waals surface area contributed by atoms with Crippen molar-refractivity contribution in [2.75, 3.05) is 11.9 Å². The molecule has 0 spiro atoms. The van der Waals surface area contributed by atoms with E-state index < -0.39 is 5.97 Å². The number of aryl methyl sites for hydroxylation is 1. The minimum absolute atomic E-state index is 0.0913. The topological polar surface area (TPSA) is 83.5 Å². The standard InChI is InChI=1S/C28H25N3O3/c1-18-13-22(34-21-5-3-2-4-6-21)8-10-23(18)19-7-9-24-20(14-19)15-30-27(24)17-31-26-16-29-12-11-25(26)28(32)33/h2-14,16,27,30-31H,15,17H2,1H3,(H,32,33)/t27-/m0/s1. The third kappa shape index (κ3) is 4.49. The van der Waals surface area contributed by atoms with Crippen molar-refractivity contribution in [3.05, 3.63) is 107 Å². The zero-order valence-electron chi connectivity index (χ0n) is 18.8. The van der Waals surface area contributed by atoms with Crippen molar-refractivity contribution in [3.8, 4) is 22.6 Å². The molecule has 3 aromatic carbocycles. The second kappa shape index (κ2) is 9.37. The summed E-state index contributed by atoms with van der Waals surface area (Å²) in [5.41, 5.74) is 6.70. The van der Waals surface area contributed by atoms with Crippen LogP contribution in [0, 0.1) is 6.92 Å². The molecule has 34 heavy (non-hydrogen) atoms. The highest BCUT2D eigenvalue weighted by molar-refractivity contribution is 5.93. The fraction of sp³-hybridized carbons (Fsp3) is 0.143. The molecule has 0 fully saturated rings. The minimum atomic E-state index is -0.968. The molecule has 3 N–H and O–H groups in total. The number of rotatable bonds is 7. The van der Waals surface area contributed by atoms with Gasteiger partial charge in [-0.3, -0.25) is 4.98 Å². The van der Waals surface area contributed by atoms with Gasteiger partial charge in [-0.25, -0.2) is 4.79 Å². The third-order valence-corrected chi connectivity index (χ3v) is 6.09. The average molecular weight is 452 g/mol.